The molecule has 74 valence electrons. The highest BCUT2D eigenvalue weighted by atomic mass is 35.6. The zero-order valence-electron chi connectivity index (χ0n) is 8.69. The Bertz CT molecular complexity index is 115. The highest BCUT2D eigenvalue weighted by Crippen LogP contribution is 2.24. The van der Waals surface area contributed by atoms with E-state index in [-0.39, 0.29) is 0 Å². The van der Waals surface area contributed by atoms with E-state index in [9.17, 15) is 0 Å². The quantitative estimate of drug-likeness (QED) is 0.475. The molecule has 0 aliphatic rings. The van der Waals surface area contributed by atoms with Crippen LogP contribution in [-0.4, -0.2) is 13.7 Å². The molecule has 0 aromatic carbocycles. The van der Waals surface area contributed by atoms with Crippen molar-refractivity contribution in [1.82, 2.24) is 0 Å². The lowest BCUT2D eigenvalue weighted by molar-refractivity contribution is 0.204. The second-order valence-electron chi connectivity index (χ2n) is 3.31. The van der Waals surface area contributed by atoms with Gasteiger partial charge in [-0.05, 0) is 25.4 Å². The van der Waals surface area contributed by atoms with E-state index in [4.69, 9.17) is 15.5 Å². The molecule has 0 spiro atoms. The first kappa shape index (κ1) is 12.5. The standard InChI is InChI=1S/C9H21ClOSi/c1-5-8-9(4)11-12(10,6-2)7-3/h9H,5-8H2,1-4H3. The lowest BCUT2D eigenvalue weighted by atomic mass is 10.2. The summed E-state index contributed by atoms with van der Waals surface area (Å²) in [5, 5.41) is 0. The first-order valence-corrected chi connectivity index (χ1v) is 8.28. The van der Waals surface area contributed by atoms with E-state index in [0.717, 1.165) is 18.5 Å². The smallest absolute Gasteiger partial charge is 0.289 e. The van der Waals surface area contributed by atoms with Crippen LogP contribution >= 0.6 is 11.1 Å². The second kappa shape index (κ2) is 6.00. The van der Waals surface area contributed by atoms with Gasteiger partial charge in [-0.2, -0.15) is 0 Å². The molecule has 1 nitrogen and oxygen atoms in total. The number of hydrogen-bond donors (Lipinski definition) is 0. The summed E-state index contributed by atoms with van der Waals surface area (Å²) >= 11 is 6.36. The normalized spacial score (nSPS) is 14.8. The fraction of sp³-hybridized carbons (Fsp3) is 1.00. The van der Waals surface area contributed by atoms with Crippen LogP contribution in [0.4, 0.5) is 0 Å². The van der Waals surface area contributed by atoms with Crippen LogP contribution in [0.5, 0.6) is 0 Å². The maximum atomic E-state index is 6.36. The molecule has 0 aliphatic heterocycles. The van der Waals surface area contributed by atoms with Crippen molar-refractivity contribution >= 4 is 18.7 Å². The number of rotatable bonds is 6. The third-order valence-corrected chi connectivity index (χ3v) is 6.97. The Morgan fingerprint density at radius 3 is 2.08 bits per heavy atom. The summed E-state index contributed by atoms with van der Waals surface area (Å²) in [7, 11) is -1.83. The van der Waals surface area contributed by atoms with Gasteiger partial charge in [0.25, 0.3) is 7.63 Å². The minimum atomic E-state index is -1.83. The molecule has 12 heavy (non-hydrogen) atoms. The van der Waals surface area contributed by atoms with Gasteiger partial charge in [0, 0.05) is 6.10 Å². The summed E-state index contributed by atoms with van der Waals surface area (Å²) in [6.07, 6.45) is 2.65. The summed E-state index contributed by atoms with van der Waals surface area (Å²) < 4.78 is 5.88. The van der Waals surface area contributed by atoms with Gasteiger partial charge in [-0.25, -0.2) is 0 Å². The zero-order valence-corrected chi connectivity index (χ0v) is 10.4. The Morgan fingerprint density at radius 2 is 1.75 bits per heavy atom. The molecule has 0 radical (unpaired) electrons. The number of hydrogen-bond acceptors (Lipinski definition) is 1. The van der Waals surface area contributed by atoms with Gasteiger partial charge in [0.15, 0.2) is 0 Å². The topological polar surface area (TPSA) is 9.23 Å². The summed E-state index contributed by atoms with van der Waals surface area (Å²) in [5.74, 6) is 0. The predicted molar refractivity (Wildman–Crippen MR) is 58.0 cm³/mol. The average molecular weight is 209 g/mol. The molecule has 0 rings (SSSR count). The maximum Gasteiger partial charge on any atom is 0.289 e. The summed E-state index contributed by atoms with van der Waals surface area (Å²) in [6.45, 7) is 8.55. The molecule has 0 N–H and O–H groups in total. The molecule has 0 aliphatic carbocycles. The average Bonchev–Trinajstić information content (AvgIpc) is 2.05. The van der Waals surface area contributed by atoms with E-state index in [1.807, 2.05) is 0 Å². The van der Waals surface area contributed by atoms with Crippen LogP contribution in [0.2, 0.25) is 12.1 Å². The van der Waals surface area contributed by atoms with Crippen molar-refractivity contribution in [1.29, 1.82) is 0 Å². The lowest BCUT2D eigenvalue weighted by Crippen LogP contribution is -2.33. The van der Waals surface area contributed by atoms with Crippen LogP contribution in [-0.2, 0) is 4.43 Å². The van der Waals surface area contributed by atoms with Crippen LogP contribution in [0.1, 0.15) is 40.5 Å². The van der Waals surface area contributed by atoms with Crippen molar-refractivity contribution in [3.8, 4) is 0 Å². The van der Waals surface area contributed by atoms with Gasteiger partial charge in [-0.3, -0.25) is 0 Å². The van der Waals surface area contributed by atoms with Crippen LogP contribution in [0.3, 0.4) is 0 Å². The molecule has 0 saturated heterocycles. The fourth-order valence-corrected chi connectivity index (χ4v) is 3.37. The van der Waals surface area contributed by atoms with Crippen LogP contribution in [0.15, 0.2) is 0 Å². The molecule has 3 heteroatoms. The third-order valence-electron chi connectivity index (χ3n) is 2.16. The molecule has 0 aromatic rings. The molecule has 1 unspecified atom stereocenters. The monoisotopic (exact) mass is 208 g/mol. The molecule has 0 aromatic heterocycles. The molecule has 1 atom stereocenters. The van der Waals surface area contributed by atoms with Crippen molar-refractivity contribution in [2.45, 2.75) is 58.7 Å². The van der Waals surface area contributed by atoms with Gasteiger partial charge in [0.2, 0.25) is 0 Å². The van der Waals surface area contributed by atoms with E-state index in [2.05, 4.69) is 27.7 Å². The molecule has 0 bridgehead atoms. The Labute approximate surface area is 82.3 Å². The molecule has 0 heterocycles. The molecule has 0 amide bonds. The van der Waals surface area contributed by atoms with E-state index in [1.165, 1.54) is 6.42 Å². The molecular weight excluding hydrogens is 188 g/mol. The molecular formula is C9H21ClOSi. The maximum absolute atomic E-state index is 6.36. The highest BCUT2D eigenvalue weighted by Gasteiger charge is 2.29. The van der Waals surface area contributed by atoms with Gasteiger partial charge in [-0.1, -0.05) is 27.2 Å². The molecule has 0 fully saturated rings. The Kier molecular flexibility index (Phi) is 6.24. The minimum Gasteiger partial charge on any atom is -0.400 e. The van der Waals surface area contributed by atoms with Crippen molar-refractivity contribution in [3.05, 3.63) is 0 Å². The van der Waals surface area contributed by atoms with Gasteiger partial charge in [0.05, 0.1) is 0 Å². The van der Waals surface area contributed by atoms with Crippen molar-refractivity contribution in [2.75, 3.05) is 0 Å². The Balaban J connectivity index is 3.84. The lowest BCUT2D eigenvalue weighted by Gasteiger charge is -2.25. The SMILES string of the molecule is CCCC(C)O[Si](Cl)(CC)CC. The predicted octanol–water partition coefficient (Wildman–Crippen LogP) is 3.91. The Hall–Kier alpha value is 0.467. The Morgan fingerprint density at radius 1 is 1.25 bits per heavy atom. The minimum absolute atomic E-state index is 0.346. The summed E-state index contributed by atoms with van der Waals surface area (Å²) in [6, 6.07) is 2.03. The third kappa shape index (κ3) is 4.48. The zero-order chi connectivity index (χ0) is 9.61. The second-order valence-corrected chi connectivity index (χ2v) is 8.79. The fourth-order valence-electron chi connectivity index (χ4n) is 1.24. The van der Waals surface area contributed by atoms with Crippen LogP contribution < -0.4 is 0 Å². The van der Waals surface area contributed by atoms with Gasteiger partial charge in [0.1, 0.15) is 0 Å². The molecule has 0 saturated carbocycles. The van der Waals surface area contributed by atoms with Gasteiger partial charge < -0.3 is 4.43 Å². The highest BCUT2D eigenvalue weighted by molar-refractivity contribution is 7.16. The van der Waals surface area contributed by atoms with E-state index in [1.54, 1.807) is 0 Å². The van der Waals surface area contributed by atoms with Crippen molar-refractivity contribution in [2.24, 2.45) is 0 Å². The first-order chi connectivity index (χ1) is 5.58. The number of halogens is 1. The van der Waals surface area contributed by atoms with Crippen LogP contribution in [0.25, 0.3) is 0 Å². The first-order valence-electron chi connectivity index (χ1n) is 4.94. The van der Waals surface area contributed by atoms with E-state index < -0.39 is 7.63 Å². The van der Waals surface area contributed by atoms with Crippen molar-refractivity contribution < 1.29 is 4.43 Å². The largest absolute Gasteiger partial charge is 0.400 e. The summed E-state index contributed by atoms with van der Waals surface area (Å²) in [5.41, 5.74) is 0. The van der Waals surface area contributed by atoms with E-state index in [0.29, 0.717) is 6.10 Å². The van der Waals surface area contributed by atoms with E-state index >= 15 is 0 Å². The van der Waals surface area contributed by atoms with Crippen molar-refractivity contribution in [3.63, 3.8) is 0 Å². The van der Waals surface area contributed by atoms with Gasteiger partial charge >= 0.3 is 0 Å². The van der Waals surface area contributed by atoms with Crippen LogP contribution in [0, 0.1) is 0 Å². The summed E-state index contributed by atoms with van der Waals surface area (Å²) in [4.78, 5) is 0. The van der Waals surface area contributed by atoms with Gasteiger partial charge in [-0.15, -0.1) is 11.1 Å².